The van der Waals surface area contributed by atoms with E-state index < -0.39 is 50.4 Å². The molecule has 12 nitrogen and oxygen atoms in total. The average molecular weight is 605 g/mol. The normalized spacial score (nSPS) is 22.0. The van der Waals surface area contributed by atoms with Crippen molar-refractivity contribution in [2.75, 3.05) is 26.6 Å². The molecule has 1 saturated heterocycles. The Morgan fingerprint density at radius 3 is 1.93 bits per heavy atom. The Bertz CT molecular complexity index is 1410. The third kappa shape index (κ3) is 6.10. The number of hydrogen-bond donors (Lipinski definition) is 2. The van der Waals surface area contributed by atoms with Crippen molar-refractivity contribution in [1.82, 2.24) is 9.55 Å². The van der Waals surface area contributed by atoms with E-state index in [1.165, 1.54) is 62.8 Å². The lowest BCUT2D eigenvalue weighted by molar-refractivity contribution is -0.193. The molecule has 0 spiro atoms. The van der Waals surface area contributed by atoms with Crippen molar-refractivity contribution in [3.63, 3.8) is 0 Å². The molecule has 2 aromatic carbocycles. The molecule has 3 aromatic rings. The van der Waals surface area contributed by atoms with Crippen LogP contribution in [0, 0.1) is 0 Å². The number of hydrogen-bond acceptors (Lipinski definition) is 11. The van der Waals surface area contributed by atoms with Gasteiger partial charge in [-0.3, -0.25) is 9.09 Å². The summed E-state index contributed by atoms with van der Waals surface area (Å²) in [4.78, 5) is 15.4. The van der Waals surface area contributed by atoms with Gasteiger partial charge in [0.15, 0.2) is 11.7 Å². The van der Waals surface area contributed by atoms with E-state index >= 15 is 8.78 Å². The lowest BCUT2D eigenvalue weighted by Crippen LogP contribution is -2.54. The number of aromatic nitrogens is 2. The molecular weight excluding hydrogens is 581 g/mol. The fourth-order valence-electron chi connectivity index (χ4n) is 3.79. The number of aliphatic hydroxyl groups is 1. The molecule has 1 aliphatic rings. The molecule has 4 rings (SSSR count). The van der Waals surface area contributed by atoms with Gasteiger partial charge in [-0.1, -0.05) is 0 Å². The number of ether oxygens (including phenoxy) is 3. The lowest BCUT2D eigenvalue weighted by Gasteiger charge is -2.31. The molecule has 0 amide bonds. The van der Waals surface area contributed by atoms with E-state index in [1.807, 2.05) is 0 Å². The van der Waals surface area contributed by atoms with Crippen molar-refractivity contribution in [1.29, 1.82) is 0 Å². The summed E-state index contributed by atoms with van der Waals surface area (Å²) in [5, 5.41) is 10.4. The number of phosphoric ester groups is 1. The number of phosphoric acid groups is 1. The lowest BCUT2D eigenvalue weighted by atomic mass is 9.96. The number of halogens is 4. The number of alkyl halides is 4. The molecule has 222 valence electrons. The quantitative estimate of drug-likeness (QED) is 0.243. The number of nitrogen functional groups attached to an aromatic ring is 1. The molecule has 0 saturated carbocycles. The van der Waals surface area contributed by atoms with Crippen molar-refractivity contribution in [3.8, 4) is 23.0 Å². The number of aliphatic hydroxyl groups excluding tert-OH is 1. The summed E-state index contributed by atoms with van der Waals surface area (Å²) in [6.45, 7) is -1.63. The number of methoxy groups -OCH3 is 2. The van der Waals surface area contributed by atoms with Gasteiger partial charge in [-0.15, -0.1) is 0 Å². The van der Waals surface area contributed by atoms with E-state index in [9.17, 15) is 23.2 Å². The summed E-state index contributed by atoms with van der Waals surface area (Å²) in [5.41, 5.74) is 0.502. The SMILES string of the molecule is COc1ccc(OP(=O)(OC[C@@]2(C(F)F)O[C@@H](n3ccc(N)nc3=O)C(F)(F)C2O)Oc2ccc(OC)cc2)cc1. The molecule has 3 N–H and O–H groups in total. The van der Waals surface area contributed by atoms with Crippen LogP contribution >= 0.6 is 7.82 Å². The Kier molecular flexibility index (Phi) is 8.49. The zero-order valence-corrected chi connectivity index (χ0v) is 22.3. The van der Waals surface area contributed by atoms with Gasteiger partial charge in [-0.2, -0.15) is 13.8 Å². The Morgan fingerprint density at radius 1 is 1.00 bits per heavy atom. The minimum atomic E-state index is -4.97. The molecule has 1 aliphatic heterocycles. The van der Waals surface area contributed by atoms with Crippen LogP contribution in [0.4, 0.5) is 23.4 Å². The summed E-state index contributed by atoms with van der Waals surface area (Å²) in [6, 6.07) is 11.8. The van der Waals surface area contributed by atoms with Crippen LogP contribution in [0.3, 0.4) is 0 Å². The predicted octanol–water partition coefficient (Wildman–Crippen LogP) is 3.65. The molecule has 3 atom stereocenters. The van der Waals surface area contributed by atoms with Crippen LogP contribution in [0.1, 0.15) is 6.23 Å². The first-order chi connectivity index (χ1) is 19.3. The second-order valence-corrected chi connectivity index (χ2v) is 10.1. The molecule has 17 heteroatoms. The number of benzene rings is 2. The maximum atomic E-state index is 15.1. The van der Waals surface area contributed by atoms with Gasteiger partial charge >= 0.3 is 19.4 Å². The van der Waals surface area contributed by atoms with Gasteiger partial charge in [-0.05, 0) is 54.6 Å². The van der Waals surface area contributed by atoms with E-state index in [1.54, 1.807) is 0 Å². The fourth-order valence-corrected chi connectivity index (χ4v) is 5.05. The minimum Gasteiger partial charge on any atom is -0.497 e. The highest BCUT2D eigenvalue weighted by molar-refractivity contribution is 7.49. The van der Waals surface area contributed by atoms with E-state index in [-0.39, 0.29) is 21.9 Å². The maximum Gasteiger partial charge on any atom is 0.587 e. The molecule has 1 fully saturated rings. The standard InChI is InChI=1S/C24H24F4N3O9P/c1-35-14-3-7-16(8-4-14)39-41(34,40-17-9-5-15(36-2)6-10-17)37-13-23(20(25)26)19(32)24(27,28)21(38-23)31-12-11-18(29)30-22(31)33/h3-12,19-21,32H,13H2,1-2H3,(H2,29,30,33)/t19?,21-,23-/m1/s1. The zero-order chi connectivity index (χ0) is 30.0. The highest BCUT2D eigenvalue weighted by Crippen LogP contribution is 2.55. The van der Waals surface area contributed by atoms with E-state index in [4.69, 9.17) is 33.5 Å². The third-order valence-electron chi connectivity index (χ3n) is 5.96. The Hall–Kier alpha value is -3.85. The van der Waals surface area contributed by atoms with Crippen molar-refractivity contribution < 1.29 is 55.0 Å². The van der Waals surface area contributed by atoms with Gasteiger partial charge in [0.1, 0.15) is 28.8 Å². The van der Waals surface area contributed by atoms with E-state index in [2.05, 4.69) is 4.98 Å². The number of rotatable bonds is 11. The zero-order valence-electron chi connectivity index (χ0n) is 21.4. The number of nitrogens with zero attached hydrogens (tertiary/aromatic N) is 2. The van der Waals surface area contributed by atoms with Crippen LogP contribution in [0.2, 0.25) is 0 Å². The van der Waals surface area contributed by atoms with Crippen molar-refractivity contribution >= 4 is 13.6 Å². The Labute approximate surface area is 229 Å². The second-order valence-electron chi connectivity index (χ2n) is 8.60. The second kappa shape index (κ2) is 11.6. The first-order valence-electron chi connectivity index (χ1n) is 11.6. The summed E-state index contributed by atoms with van der Waals surface area (Å²) in [5.74, 6) is -4.29. The molecule has 2 heterocycles. The van der Waals surface area contributed by atoms with Crippen molar-refractivity contribution in [3.05, 3.63) is 71.3 Å². The predicted molar refractivity (Wildman–Crippen MR) is 134 cm³/mol. The van der Waals surface area contributed by atoms with Gasteiger partial charge in [0.05, 0.1) is 20.8 Å². The molecule has 1 unspecified atom stereocenters. The summed E-state index contributed by atoms with van der Waals surface area (Å²) in [7, 11) is -2.18. The van der Waals surface area contributed by atoms with Crippen LogP contribution in [0.25, 0.3) is 0 Å². The van der Waals surface area contributed by atoms with Gasteiger partial charge in [0.2, 0.25) is 6.23 Å². The molecule has 1 aromatic heterocycles. The monoisotopic (exact) mass is 605 g/mol. The van der Waals surface area contributed by atoms with Crippen LogP contribution in [0.15, 0.2) is 65.6 Å². The topological polar surface area (TPSA) is 154 Å². The van der Waals surface area contributed by atoms with Crippen LogP contribution in [-0.4, -0.2) is 59.5 Å². The smallest absolute Gasteiger partial charge is 0.497 e. The third-order valence-corrected chi connectivity index (χ3v) is 7.28. The van der Waals surface area contributed by atoms with Gasteiger partial charge in [-0.25, -0.2) is 18.1 Å². The molecule has 0 radical (unpaired) electrons. The van der Waals surface area contributed by atoms with Crippen molar-refractivity contribution in [2.45, 2.75) is 30.3 Å². The number of nitrogens with two attached hydrogens (primary N) is 1. The molecule has 0 aliphatic carbocycles. The average Bonchev–Trinajstić information content (AvgIpc) is 3.14. The summed E-state index contributed by atoms with van der Waals surface area (Å²) < 4.78 is 104. The Morgan fingerprint density at radius 2 is 1.49 bits per heavy atom. The molecule has 41 heavy (non-hydrogen) atoms. The highest BCUT2D eigenvalue weighted by atomic mass is 31.2. The van der Waals surface area contributed by atoms with E-state index in [0.717, 1.165) is 12.3 Å². The first-order valence-corrected chi connectivity index (χ1v) is 13.1. The summed E-state index contributed by atoms with van der Waals surface area (Å²) in [6.07, 6.45) is -9.11. The van der Waals surface area contributed by atoms with Crippen LogP contribution < -0.4 is 29.9 Å². The Balaban J connectivity index is 1.67. The van der Waals surface area contributed by atoms with Gasteiger partial charge < -0.3 is 34.1 Å². The van der Waals surface area contributed by atoms with Gasteiger partial charge in [0.25, 0.3) is 6.43 Å². The van der Waals surface area contributed by atoms with Gasteiger partial charge in [0, 0.05) is 6.20 Å². The maximum absolute atomic E-state index is 15.1. The molecule has 0 bridgehead atoms. The van der Waals surface area contributed by atoms with Crippen LogP contribution in [-0.2, 0) is 13.8 Å². The summed E-state index contributed by atoms with van der Waals surface area (Å²) >= 11 is 0. The fraction of sp³-hybridized carbons (Fsp3) is 0.333. The van der Waals surface area contributed by atoms with Crippen molar-refractivity contribution in [2.24, 2.45) is 0 Å². The number of anilines is 1. The largest absolute Gasteiger partial charge is 0.587 e. The molecular formula is C24H24F4N3O9P. The highest BCUT2D eigenvalue weighted by Gasteiger charge is 2.71. The first kappa shape index (κ1) is 30.1. The minimum absolute atomic E-state index is 0.135. The van der Waals surface area contributed by atoms with E-state index in [0.29, 0.717) is 11.5 Å². The van der Waals surface area contributed by atoms with Crippen LogP contribution in [0.5, 0.6) is 23.0 Å².